The molecule has 2 aliphatic rings. The van der Waals surface area contributed by atoms with Crippen molar-refractivity contribution in [1.29, 1.82) is 0 Å². The lowest BCUT2D eigenvalue weighted by molar-refractivity contribution is 0.244. The van der Waals surface area contributed by atoms with E-state index in [0.29, 0.717) is 23.7 Å². The third-order valence-electron chi connectivity index (χ3n) is 4.38. The van der Waals surface area contributed by atoms with Crippen molar-refractivity contribution >= 4 is 27.4 Å². The molecule has 3 rings (SSSR count). The highest BCUT2D eigenvalue weighted by molar-refractivity contribution is 7.92. The normalized spacial score (nSPS) is 18.5. The molecule has 0 saturated heterocycles. The maximum Gasteiger partial charge on any atom is 0.319 e. The molecule has 0 unspecified atom stereocenters. The number of rotatable bonds is 3. The zero-order chi connectivity index (χ0) is 17.2. The maximum absolute atomic E-state index is 12.1. The van der Waals surface area contributed by atoms with Crippen molar-refractivity contribution in [3.8, 4) is 5.75 Å². The van der Waals surface area contributed by atoms with Gasteiger partial charge in [0.1, 0.15) is 12.4 Å². The predicted octanol–water partition coefficient (Wildman–Crippen LogP) is 2.30. The molecule has 8 heteroatoms. The molecule has 0 aromatic heterocycles. The Kier molecular flexibility index (Phi) is 4.84. The topological polar surface area (TPSA) is 87.7 Å². The first-order valence-corrected chi connectivity index (χ1v) is 10.1. The van der Waals surface area contributed by atoms with Crippen LogP contribution in [0.5, 0.6) is 5.75 Å². The SMILES string of the molecule is CS(=O)(=O)N1CCOc2cc(NC(=O)NC3CCCCC3)ccc21. The number of nitrogens with one attached hydrogen (secondary N) is 2. The molecule has 0 atom stereocenters. The molecule has 132 valence electrons. The number of anilines is 2. The average molecular weight is 353 g/mol. The number of urea groups is 1. The van der Waals surface area contributed by atoms with E-state index in [1.54, 1.807) is 18.2 Å². The second-order valence-corrected chi connectivity index (χ2v) is 8.21. The number of carbonyl (C=O) groups excluding carboxylic acids is 1. The van der Waals surface area contributed by atoms with Gasteiger partial charge in [0.05, 0.1) is 18.5 Å². The highest BCUT2D eigenvalue weighted by Crippen LogP contribution is 2.35. The van der Waals surface area contributed by atoms with Crippen LogP contribution in [0.3, 0.4) is 0 Å². The van der Waals surface area contributed by atoms with Crippen LogP contribution in [-0.4, -0.2) is 39.9 Å². The first-order chi connectivity index (χ1) is 11.4. The molecule has 1 aromatic rings. The minimum Gasteiger partial charge on any atom is -0.489 e. The van der Waals surface area contributed by atoms with Crippen LogP contribution in [0.25, 0.3) is 0 Å². The van der Waals surface area contributed by atoms with Crippen molar-refractivity contribution in [2.24, 2.45) is 0 Å². The summed E-state index contributed by atoms with van der Waals surface area (Å²) in [5.41, 5.74) is 1.08. The number of amides is 2. The number of carbonyl (C=O) groups is 1. The van der Waals surface area contributed by atoms with Gasteiger partial charge in [-0.05, 0) is 25.0 Å². The van der Waals surface area contributed by atoms with Gasteiger partial charge in [0.25, 0.3) is 0 Å². The number of nitrogens with zero attached hydrogens (tertiary/aromatic N) is 1. The van der Waals surface area contributed by atoms with Crippen molar-refractivity contribution in [2.45, 2.75) is 38.1 Å². The van der Waals surface area contributed by atoms with Gasteiger partial charge >= 0.3 is 6.03 Å². The molecule has 1 saturated carbocycles. The van der Waals surface area contributed by atoms with Crippen LogP contribution in [0.15, 0.2) is 18.2 Å². The number of sulfonamides is 1. The van der Waals surface area contributed by atoms with Crippen LogP contribution in [-0.2, 0) is 10.0 Å². The molecule has 0 spiro atoms. The monoisotopic (exact) mass is 353 g/mol. The Morgan fingerprint density at radius 1 is 1.25 bits per heavy atom. The molecule has 2 N–H and O–H groups in total. The summed E-state index contributed by atoms with van der Waals surface area (Å²) >= 11 is 0. The molecule has 1 heterocycles. The second-order valence-electron chi connectivity index (χ2n) is 6.30. The van der Waals surface area contributed by atoms with Gasteiger partial charge in [-0.2, -0.15) is 0 Å². The maximum atomic E-state index is 12.1. The van der Waals surface area contributed by atoms with Gasteiger partial charge in [0.2, 0.25) is 10.0 Å². The summed E-state index contributed by atoms with van der Waals surface area (Å²) in [7, 11) is -3.34. The van der Waals surface area contributed by atoms with E-state index in [9.17, 15) is 13.2 Å². The Bertz CT molecular complexity index is 714. The van der Waals surface area contributed by atoms with Gasteiger partial charge in [0, 0.05) is 17.8 Å². The van der Waals surface area contributed by atoms with Gasteiger partial charge in [-0.3, -0.25) is 4.31 Å². The minimum atomic E-state index is -3.34. The molecule has 0 bridgehead atoms. The minimum absolute atomic E-state index is 0.230. The Morgan fingerprint density at radius 2 is 2.00 bits per heavy atom. The lowest BCUT2D eigenvalue weighted by Gasteiger charge is -2.29. The zero-order valence-electron chi connectivity index (χ0n) is 13.7. The highest BCUT2D eigenvalue weighted by Gasteiger charge is 2.25. The lowest BCUT2D eigenvalue weighted by atomic mass is 9.96. The molecule has 1 fully saturated rings. The molecule has 24 heavy (non-hydrogen) atoms. The Balaban J connectivity index is 1.68. The number of ether oxygens (including phenoxy) is 1. The summed E-state index contributed by atoms with van der Waals surface area (Å²) in [6.45, 7) is 0.582. The summed E-state index contributed by atoms with van der Waals surface area (Å²) in [5, 5.41) is 5.78. The Labute approximate surface area is 142 Å². The molecule has 1 aromatic carbocycles. The smallest absolute Gasteiger partial charge is 0.319 e. The molecule has 2 amide bonds. The van der Waals surface area contributed by atoms with E-state index in [4.69, 9.17) is 4.74 Å². The van der Waals surface area contributed by atoms with E-state index in [0.717, 1.165) is 25.7 Å². The van der Waals surface area contributed by atoms with Crippen molar-refractivity contribution in [1.82, 2.24) is 5.32 Å². The molecule has 7 nitrogen and oxygen atoms in total. The van der Waals surface area contributed by atoms with Crippen LogP contribution < -0.4 is 19.7 Å². The summed E-state index contributed by atoms with van der Waals surface area (Å²) in [6.07, 6.45) is 6.75. The van der Waals surface area contributed by atoms with Crippen molar-refractivity contribution in [3.05, 3.63) is 18.2 Å². The van der Waals surface area contributed by atoms with Crippen LogP contribution >= 0.6 is 0 Å². The van der Waals surface area contributed by atoms with Crippen LogP contribution in [0, 0.1) is 0 Å². The van der Waals surface area contributed by atoms with Crippen LogP contribution in [0.4, 0.5) is 16.2 Å². The highest BCUT2D eigenvalue weighted by atomic mass is 32.2. The van der Waals surface area contributed by atoms with Crippen molar-refractivity contribution < 1.29 is 17.9 Å². The van der Waals surface area contributed by atoms with E-state index >= 15 is 0 Å². The second kappa shape index (κ2) is 6.88. The van der Waals surface area contributed by atoms with Crippen molar-refractivity contribution in [3.63, 3.8) is 0 Å². The lowest BCUT2D eigenvalue weighted by Crippen LogP contribution is -2.39. The van der Waals surface area contributed by atoms with E-state index in [1.165, 1.54) is 17.0 Å². The Morgan fingerprint density at radius 3 is 2.71 bits per heavy atom. The molecule has 1 aliphatic heterocycles. The standard InChI is InChI=1S/C16H23N3O4S/c1-24(21,22)19-9-10-23-15-11-13(7-8-14(15)19)18-16(20)17-12-5-3-2-4-6-12/h7-8,11-12H,2-6,9-10H2,1H3,(H2,17,18,20). The predicted molar refractivity (Wildman–Crippen MR) is 93.2 cm³/mol. The van der Waals surface area contributed by atoms with Gasteiger partial charge in [-0.25, -0.2) is 13.2 Å². The largest absolute Gasteiger partial charge is 0.489 e. The fraction of sp³-hybridized carbons (Fsp3) is 0.562. The summed E-state index contributed by atoms with van der Waals surface area (Å²) in [5.74, 6) is 0.460. The molecule has 1 aliphatic carbocycles. The van der Waals surface area contributed by atoms with Crippen molar-refractivity contribution in [2.75, 3.05) is 29.0 Å². The van der Waals surface area contributed by atoms with Gasteiger partial charge < -0.3 is 15.4 Å². The summed E-state index contributed by atoms with van der Waals surface area (Å²) in [4.78, 5) is 12.1. The molecule has 0 radical (unpaired) electrons. The average Bonchev–Trinajstić information content (AvgIpc) is 2.54. The number of fused-ring (bicyclic) bond motifs is 1. The van der Waals surface area contributed by atoms with E-state index < -0.39 is 10.0 Å². The van der Waals surface area contributed by atoms with Gasteiger partial charge in [0.15, 0.2) is 0 Å². The molecular weight excluding hydrogens is 330 g/mol. The third kappa shape index (κ3) is 3.92. The summed E-state index contributed by atoms with van der Waals surface area (Å²) in [6, 6.07) is 5.00. The van der Waals surface area contributed by atoms with E-state index in [-0.39, 0.29) is 18.7 Å². The zero-order valence-corrected chi connectivity index (χ0v) is 14.6. The van der Waals surface area contributed by atoms with Gasteiger partial charge in [-0.1, -0.05) is 19.3 Å². The number of benzene rings is 1. The summed E-state index contributed by atoms with van der Waals surface area (Å²) < 4.78 is 30.5. The third-order valence-corrected chi connectivity index (χ3v) is 5.56. The fourth-order valence-electron chi connectivity index (χ4n) is 3.22. The fourth-order valence-corrected chi connectivity index (χ4v) is 4.13. The van der Waals surface area contributed by atoms with Crippen LogP contribution in [0.2, 0.25) is 0 Å². The van der Waals surface area contributed by atoms with E-state index in [2.05, 4.69) is 10.6 Å². The Hall–Kier alpha value is -1.96. The first kappa shape index (κ1) is 16.9. The number of hydrogen-bond donors (Lipinski definition) is 2. The van der Waals surface area contributed by atoms with Crippen LogP contribution in [0.1, 0.15) is 32.1 Å². The van der Waals surface area contributed by atoms with E-state index in [1.807, 2.05) is 0 Å². The quantitative estimate of drug-likeness (QED) is 0.873. The number of hydrogen-bond acceptors (Lipinski definition) is 4. The first-order valence-electron chi connectivity index (χ1n) is 8.25. The molecular formula is C16H23N3O4S. The van der Waals surface area contributed by atoms with Gasteiger partial charge in [-0.15, -0.1) is 0 Å².